The van der Waals surface area contributed by atoms with Crippen molar-refractivity contribution in [1.29, 1.82) is 0 Å². The van der Waals surface area contributed by atoms with E-state index in [0.717, 1.165) is 23.5 Å². The second-order valence-electron chi connectivity index (χ2n) is 8.60. The highest BCUT2D eigenvalue weighted by molar-refractivity contribution is 5.48. The van der Waals surface area contributed by atoms with Crippen LogP contribution in [0.25, 0.3) is 0 Å². The van der Waals surface area contributed by atoms with Gasteiger partial charge in [0.2, 0.25) is 0 Å². The Morgan fingerprint density at radius 1 is 0.774 bits per heavy atom. The Morgan fingerprint density at radius 2 is 1.26 bits per heavy atom. The van der Waals surface area contributed by atoms with Crippen molar-refractivity contribution in [3.05, 3.63) is 70.1 Å². The molecular weight excluding hydrogens is 388 g/mol. The predicted molar refractivity (Wildman–Crippen MR) is 124 cm³/mol. The van der Waals surface area contributed by atoms with E-state index in [4.69, 9.17) is 0 Å². The molecule has 0 atom stereocenters. The zero-order valence-electron chi connectivity index (χ0n) is 18.8. The molecule has 1 heterocycles. The molecule has 3 aromatic rings. The summed E-state index contributed by atoms with van der Waals surface area (Å²) in [6.07, 6.45) is 0.743. The molecule has 3 rings (SSSR count). The van der Waals surface area contributed by atoms with Gasteiger partial charge in [-0.15, -0.1) is 5.11 Å². The number of aromatic nitrogens is 2. The lowest BCUT2D eigenvalue weighted by atomic mass is 10.1. The molecule has 0 spiro atoms. The van der Waals surface area contributed by atoms with Crippen molar-refractivity contribution in [1.82, 2.24) is 9.78 Å². The Hall–Kier alpha value is -3.35. The highest BCUT2D eigenvalue weighted by Crippen LogP contribution is 2.24. The third kappa shape index (κ3) is 6.31. The van der Waals surface area contributed by atoms with Crippen LogP contribution < -0.4 is 5.56 Å². The average Bonchev–Trinajstić information content (AvgIpc) is 3.00. The Kier molecular flexibility index (Phi) is 7.28. The van der Waals surface area contributed by atoms with Gasteiger partial charge in [0.25, 0.3) is 5.56 Å². The maximum atomic E-state index is 12.8. The van der Waals surface area contributed by atoms with E-state index < -0.39 is 0 Å². The number of azo groups is 2. The van der Waals surface area contributed by atoms with Gasteiger partial charge in [0.15, 0.2) is 5.69 Å². The zero-order chi connectivity index (χ0) is 22.4. The molecule has 0 aliphatic rings. The lowest BCUT2D eigenvalue weighted by molar-refractivity contribution is 0.467. The monoisotopic (exact) mass is 418 g/mol. The maximum absolute atomic E-state index is 12.8. The van der Waals surface area contributed by atoms with E-state index in [1.807, 2.05) is 55.5 Å². The molecule has 162 valence electrons. The molecule has 0 radical (unpaired) electrons. The van der Waals surface area contributed by atoms with Gasteiger partial charge in [0.05, 0.1) is 22.8 Å². The Balaban J connectivity index is 1.77. The fourth-order valence-corrected chi connectivity index (χ4v) is 3.09. The van der Waals surface area contributed by atoms with Crippen molar-refractivity contribution in [2.45, 2.75) is 47.6 Å². The SMILES string of the molecule is Cc1ccc(N=Nc2ccc(N=Nc3c(CC(C)C)[nH]n(CC(C)C)c3=O)cc2)cc1. The van der Waals surface area contributed by atoms with Crippen LogP contribution in [-0.2, 0) is 13.0 Å². The molecule has 31 heavy (non-hydrogen) atoms. The molecule has 1 aromatic heterocycles. The van der Waals surface area contributed by atoms with Gasteiger partial charge in [0.1, 0.15) is 0 Å². The van der Waals surface area contributed by atoms with Gasteiger partial charge in [-0.05, 0) is 61.6 Å². The highest BCUT2D eigenvalue weighted by Gasteiger charge is 2.15. The van der Waals surface area contributed by atoms with Crippen molar-refractivity contribution in [2.75, 3.05) is 0 Å². The molecule has 7 nitrogen and oxygen atoms in total. The Morgan fingerprint density at radius 3 is 1.74 bits per heavy atom. The van der Waals surface area contributed by atoms with Crippen LogP contribution in [0.5, 0.6) is 0 Å². The maximum Gasteiger partial charge on any atom is 0.294 e. The summed E-state index contributed by atoms with van der Waals surface area (Å²) in [5.41, 5.74) is 4.45. The van der Waals surface area contributed by atoms with Crippen molar-refractivity contribution in [3.63, 3.8) is 0 Å². The number of aryl methyl sites for hydroxylation is 1. The minimum atomic E-state index is -0.128. The Bertz CT molecular complexity index is 1100. The molecule has 0 saturated heterocycles. The van der Waals surface area contributed by atoms with Crippen LogP contribution in [0.2, 0.25) is 0 Å². The van der Waals surface area contributed by atoms with E-state index >= 15 is 0 Å². The summed E-state index contributed by atoms with van der Waals surface area (Å²) in [5, 5.41) is 20.3. The first-order chi connectivity index (χ1) is 14.8. The third-order valence-corrected chi connectivity index (χ3v) is 4.59. The van der Waals surface area contributed by atoms with E-state index in [9.17, 15) is 4.79 Å². The number of H-pyrrole nitrogens is 1. The van der Waals surface area contributed by atoms with Crippen molar-refractivity contribution < 1.29 is 0 Å². The summed E-state index contributed by atoms with van der Waals surface area (Å²) < 4.78 is 1.63. The first-order valence-corrected chi connectivity index (χ1v) is 10.6. The lowest BCUT2D eigenvalue weighted by Gasteiger charge is -2.05. The van der Waals surface area contributed by atoms with Gasteiger partial charge < -0.3 is 0 Å². The number of benzene rings is 2. The van der Waals surface area contributed by atoms with Crippen LogP contribution in [-0.4, -0.2) is 9.78 Å². The number of rotatable bonds is 8. The van der Waals surface area contributed by atoms with Gasteiger partial charge in [-0.3, -0.25) is 14.6 Å². The van der Waals surface area contributed by atoms with E-state index in [0.29, 0.717) is 29.8 Å². The summed E-state index contributed by atoms with van der Waals surface area (Å²) in [7, 11) is 0. The fourth-order valence-electron chi connectivity index (χ4n) is 3.09. The van der Waals surface area contributed by atoms with Crippen molar-refractivity contribution in [3.8, 4) is 0 Å². The van der Waals surface area contributed by atoms with Crippen LogP contribution in [0, 0.1) is 18.8 Å². The normalized spacial score (nSPS) is 12.1. The van der Waals surface area contributed by atoms with Crippen molar-refractivity contribution >= 4 is 22.7 Å². The van der Waals surface area contributed by atoms with E-state index in [2.05, 4.69) is 53.3 Å². The second-order valence-corrected chi connectivity index (χ2v) is 8.60. The number of aromatic amines is 1. The summed E-state index contributed by atoms with van der Waals surface area (Å²) in [5.74, 6) is 0.757. The van der Waals surface area contributed by atoms with Gasteiger partial charge in [-0.25, -0.2) is 0 Å². The van der Waals surface area contributed by atoms with Crippen LogP contribution >= 0.6 is 0 Å². The standard InChI is InChI=1S/C24H30N6O/c1-16(2)14-22-23(24(31)30(29-22)15-17(3)4)28-27-21-12-10-20(11-13-21)26-25-19-8-6-18(5)7-9-19/h6-13,16-17,29H,14-15H2,1-5H3. The van der Waals surface area contributed by atoms with E-state index in [-0.39, 0.29) is 5.56 Å². The molecule has 0 saturated carbocycles. The molecule has 0 aliphatic carbocycles. The van der Waals surface area contributed by atoms with Crippen LogP contribution in [0.4, 0.5) is 22.7 Å². The van der Waals surface area contributed by atoms with E-state index in [1.165, 1.54) is 5.56 Å². The summed E-state index contributed by atoms with van der Waals surface area (Å²) >= 11 is 0. The highest BCUT2D eigenvalue weighted by atomic mass is 16.1. The van der Waals surface area contributed by atoms with Gasteiger partial charge in [-0.1, -0.05) is 45.4 Å². The molecule has 0 bridgehead atoms. The first-order valence-electron chi connectivity index (χ1n) is 10.6. The van der Waals surface area contributed by atoms with Crippen molar-refractivity contribution in [2.24, 2.45) is 32.3 Å². The number of hydrogen-bond donors (Lipinski definition) is 1. The number of nitrogens with zero attached hydrogens (tertiary/aromatic N) is 5. The number of nitrogens with one attached hydrogen (secondary N) is 1. The molecule has 7 heteroatoms. The smallest absolute Gasteiger partial charge is 0.294 e. The minimum Gasteiger partial charge on any atom is -0.297 e. The van der Waals surface area contributed by atoms with Gasteiger partial charge in [0, 0.05) is 6.54 Å². The predicted octanol–water partition coefficient (Wildman–Crippen LogP) is 7.17. The summed E-state index contributed by atoms with van der Waals surface area (Å²) in [6, 6.07) is 15.1. The quantitative estimate of drug-likeness (QED) is 0.386. The Labute approximate surface area is 182 Å². The first kappa shape index (κ1) is 22.3. The van der Waals surface area contributed by atoms with E-state index in [1.54, 1.807) is 4.68 Å². The molecule has 0 aliphatic heterocycles. The topological polar surface area (TPSA) is 87.2 Å². The number of hydrogen-bond acceptors (Lipinski definition) is 5. The zero-order valence-corrected chi connectivity index (χ0v) is 18.8. The molecule has 0 fully saturated rings. The average molecular weight is 419 g/mol. The van der Waals surface area contributed by atoms with Gasteiger partial charge >= 0.3 is 0 Å². The molecular formula is C24H30N6O. The second kappa shape index (κ2) is 10.1. The minimum absolute atomic E-state index is 0.128. The largest absolute Gasteiger partial charge is 0.297 e. The molecule has 2 aromatic carbocycles. The molecule has 1 N–H and O–H groups in total. The molecule has 0 amide bonds. The van der Waals surface area contributed by atoms with Crippen LogP contribution in [0.1, 0.15) is 39.0 Å². The third-order valence-electron chi connectivity index (χ3n) is 4.59. The molecule has 0 unspecified atom stereocenters. The van der Waals surface area contributed by atoms with Crippen LogP contribution in [0.3, 0.4) is 0 Å². The summed E-state index contributed by atoms with van der Waals surface area (Å²) in [4.78, 5) is 12.8. The van der Waals surface area contributed by atoms with Crippen LogP contribution in [0.15, 0.2) is 73.8 Å². The summed E-state index contributed by atoms with van der Waals surface area (Å²) in [6.45, 7) is 11.0. The fraction of sp³-hybridized carbons (Fsp3) is 0.375. The lowest BCUT2D eigenvalue weighted by Crippen LogP contribution is -2.19. The van der Waals surface area contributed by atoms with Gasteiger partial charge in [-0.2, -0.15) is 15.3 Å².